The summed E-state index contributed by atoms with van der Waals surface area (Å²) in [5.74, 6) is -1.25. The van der Waals surface area contributed by atoms with E-state index in [2.05, 4.69) is 10.6 Å². The van der Waals surface area contributed by atoms with E-state index in [0.29, 0.717) is 25.6 Å². The second-order valence-electron chi connectivity index (χ2n) is 6.53. The minimum Gasteiger partial charge on any atom is -0.480 e. The maximum atomic E-state index is 12.0. The average molecular weight is 326 g/mol. The van der Waals surface area contributed by atoms with Crippen molar-refractivity contribution in [2.45, 2.75) is 56.9 Å². The number of hydrogen-bond acceptors (Lipinski definition) is 4. The Bertz CT molecular complexity index is 440. The van der Waals surface area contributed by atoms with Gasteiger partial charge < -0.3 is 20.5 Å². The smallest absolute Gasteiger partial charge is 0.329 e. The van der Waals surface area contributed by atoms with Crippen molar-refractivity contribution >= 4 is 17.8 Å². The number of aliphatic carboxylic acids is 1. The highest BCUT2D eigenvalue weighted by Crippen LogP contribution is 2.26. The summed E-state index contributed by atoms with van der Waals surface area (Å²) in [5.41, 5.74) is -1.27. The fourth-order valence-electron chi connectivity index (χ4n) is 3.33. The standard InChI is InChI=1S/C16H26N2O5/c19-13(10-12-4-2-1-3-5-12)17-11-14(20)18-16(15(21)22)6-8-23-9-7-16/h12H,1-11H2,(H,17,19)(H,18,20)(H,21,22). The number of hydrogen-bond donors (Lipinski definition) is 3. The Morgan fingerprint density at radius 2 is 1.70 bits per heavy atom. The molecule has 1 saturated heterocycles. The van der Waals surface area contributed by atoms with E-state index in [4.69, 9.17) is 4.74 Å². The number of carbonyl (C=O) groups excluding carboxylic acids is 2. The predicted octanol–water partition coefficient (Wildman–Crippen LogP) is 0.823. The summed E-state index contributed by atoms with van der Waals surface area (Å²) in [6, 6.07) is 0. The molecular weight excluding hydrogens is 300 g/mol. The number of carboxylic acid groups (broad SMARTS) is 1. The van der Waals surface area contributed by atoms with Gasteiger partial charge in [0.05, 0.1) is 6.54 Å². The molecule has 0 aromatic rings. The zero-order chi connectivity index (χ0) is 16.7. The lowest BCUT2D eigenvalue weighted by Crippen LogP contribution is -2.59. The first-order valence-corrected chi connectivity index (χ1v) is 8.41. The largest absolute Gasteiger partial charge is 0.480 e. The van der Waals surface area contributed by atoms with Gasteiger partial charge in [-0.3, -0.25) is 9.59 Å². The van der Waals surface area contributed by atoms with E-state index in [1.165, 1.54) is 19.3 Å². The lowest BCUT2D eigenvalue weighted by atomic mass is 9.87. The normalized spacial score (nSPS) is 21.4. The Labute approximate surface area is 136 Å². The van der Waals surface area contributed by atoms with Crippen LogP contribution in [-0.4, -0.2) is 48.2 Å². The van der Waals surface area contributed by atoms with E-state index < -0.39 is 17.4 Å². The van der Waals surface area contributed by atoms with Crippen molar-refractivity contribution in [3.63, 3.8) is 0 Å². The van der Waals surface area contributed by atoms with E-state index >= 15 is 0 Å². The van der Waals surface area contributed by atoms with E-state index in [1.807, 2.05) is 0 Å². The monoisotopic (exact) mass is 326 g/mol. The molecule has 1 aliphatic carbocycles. The molecule has 7 heteroatoms. The Kier molecular flexibility index (Phi) is 6.38. The molecule has 0 radical (unpaired) electrons. The molecule has 0 spiro atoms. The fraction of sp³-hybridized carbons (Fsp3) is 0.812. The Morgan fingerprint density at radius 1 is 1.04 bits per heavy atom. The number of amides is 2. The van der Waals surface area contributed by atoms with Crippen LogP contribution in [-0.2, 0) is 19.1 Å². The van der Waals surface area contributed by atoms with E-state index in [9.17, 15) is 19.5 Å². The number of carboxylic acids is 1. The van der Waals surface area contributed by atoms with Gasteiger partial charge in [0.25, 0.3) is 0 Å². The molecule has 2 fully saturated rings. The average Bonchev–Trinajstić information content (AvgIpc) is 2.55. The van der Waals surface area contributed by atoms with E-state index in [0.717, 1.165) is 12.8 Å². The first-order chi connectivity index (χ1) is 11.0. The van der Waals surface area contributed by atoms with Crippen molar-refractivity contribution < 1.29 is 24.2 Å². The highest BCUT2D eigenvalue weighted by atomic mass is 16.5. The summed E-state index contributed by atoms with van der Waals surface area (Å²) in [4.78, 5) is 35.3. The Balaban J connectivity index is 1.75. The summed E-state index contributed by atoms with van der Waals surface area (Å²) in [5, 5.41) is 14.5. The molecule has 1 aliphatic heterocycles. The SMILES string of the molecule is O=C(CC1CCCCC1)NCC(=O)NC1(C(=O)O)CCOCC1. The number of carbonyl (C=O) groups is 3. The van der Waals surface area contributed by atoms with Crippen LogP contribution < -0.4 is 10.6 Å². The first kappa shape index (κ1) is 17.7. The van der Waals surface area contributed by atoms with Crippen LogP contribution in [0.5, 0.6) is 0 Å². The van der Waals surface area contributed by atoms with Gasteiger partial charge in [-0.15, -0.1) is 0 Å². The van der Waals surface area contributed by atoms with Crippen molar-refractivity contribution in [3.8, 4) is 0 Å². The highest BCUT2D eigenvalue weighted by molar-refractivity contribution is 5.90. The van der Waals surface area contributed by atoms with Crippen molar-refractivity contribution in [1.29, 1.82) is 0 Å². The van der Waals surface area contributed by atoms with Crippen LogP contribution in [0.3, 0.4) is 0 Å². The molecule has 0 unspecified atom stereocenters. The zero-order valence-corrected chi connectivity index (χ0v) is 13.4. The van der Waals surface area contributed by atoms with Gasteiger partial charge in [-0.1, -0.05) is 19.3 Å². The second-order valence-corrected chi connectivity index (χ2v) is 6.53. The molecule has 1 heterocycles. The van der Waals surface area contributed by atoms with Crippen molar-refractivity contribution in [2.24, 2.45) is 5.92 Å². The molecule has 130 valence electrons. The number of nitrogens with one attached hydrogen (secondary N) is 2. The Hall–Kier alpha value is -1.63. The van der Waals surface area contributed by atoms with Crippen LogP contribution in [0.4, 0.5) is 0 Å². The quantitative estimate of drug-likeness (QED) is 0.670. The molecule has 2 aliphatic rings. The maximum Gasteiger partial charge on any atom is 0.329 e. The summed E-state index contributed by atoms with van der Waals surface area (Å²) >= 11 is 0. The minimum atomic E-state index is -1.27. The molecule has 2 amide bonds. The molecule has 0 bridgehead atoms. The second kappa shape index (κ2) is 8.29. The van der Waals surface area contributed by atoms with E-state index in [-0.39, 0.29) is 25.3 Å². The minimum absolute atomic E-state index is 0.136. The maximum absolute atomic E-state index is 12.0. The molecule has 7 nitrogen and oxygen atoms in total. The van der Waals surface area contributed by atoms with Crippen molar-refractivity contribution in [3.05, 3.63) is 0 Å². The molecular formula is C16H26N2O5. The first-order valence-electron chi connectivity index (χ1n) is 8.41. The van der Waals surface area contributed by atoms with Crippen LogP contribution in [0.15, 0.2) is 0 Å². The van der Waals surface area contributed by atoms with Gasteiger partial charge in [0, 0.05) is 32.5 Å². The summed E-state index contributed by atoms with van der Waals surface area (Å²) in [7, 11) is 0. The molecule has 0 aromatic carbocycles. The van der Waals surface area contributed by atoms with Crippen LogP contribution in [0.25, 0.3) is 0 Å². The molecule has 0 aromatic heterocycles. The zero-order valence-electron chi connectivity index (χ0n) is 13.4. The van der Waals surface area contributed by atoms with Crippen LogP contribution >= 0.6 is 0 Å². The molecule has 2 rings (SSSR count). The topological polar surface area (TPSA) is 105 Å². The lowest BCUT2D eigenvalue weighted by Gasteiger charge is -2.33. The summed E-state index contributed by atoms with van der Waals surface area (Å²) < 4.78 is 5.15. The van der Waals surface area contributed by atoms with Crippen molar-refractivity contribution in [2.75, 3.05) is 19.8 Å². The van der Waals surface area contributed by atoms with Gasteiger partial charge in [0.15, 0.2) is 0 Å². The van der Waals surface area contributed by atoms with Gasteiger partial charge in [-0.05, 0) is 18.8 Å². The summed E-state index contributed by atoms with van der Waals surface area (Å²) in [6.07, 6.45) is 6.65. The van der Waals surface area contributed by atoms with Gasteiger partial charge in [-0.2, -0.15) is 0 Å². The summed E-state index contributed by atoms with van der Waals surface area (Å²) in [6.45, 7) is 0.433. The third-order valence-electron chi connectivity index (χ3n) is 4.78. The Morgan fingerprint density at radius 3 is 2.30 bits per heavy atom. The van der Waals surface area contributed by atoms with Gasteiger partial charge >= 0.3 is 5.97 Å². The van der Waals surface area contributed by atoms with Crippen molar-refractivity contribution in [1.82, 2.24) is 10.6 Å². The van der Waals surface area contributed by atoms with Gasteiger partial charge in [0.1, 0.15) is 5.54 Å². The van der Waals surface area contributed by atoms with E-state index in [1.54, 1.807) is 0 Å². The predicted molar refractivity (Wildman–Crippen MR) is 82.8 cm³/mol. The lowest BCUT2D eigenvalue weighted by molar-refractivity contribution is -0.152. The van der Waals surface area contributed by atoms with Crippen LogP contribution in [0.2, 0.25) is 0 Å². The van der Waals surface area contributed by atoms with Gasteiger partial charge in [-0.25, -0.2) is 4.79 Å². The molecule has 23 heavy (non-hydrogen) atoms. The van der Waals surface area contributed by atoms with Crippen LogP contribution in [0, 0.1) is 5.92 Å². The number of ether oxygens (including phenoxy) is 1. The third-order valence-corrected chi connectivity index (χ3v) is 4.78. The van der Waals surface area contributed by atoms with Crippen LogP contribution in [0.1, 0.15) is 51.4 Å². The molecule has 3 N–H and O–H groups in total. The molecule has 1 saturated carbocycles. The molecule has 0 atom stereocenters. The fourth-order valence-corrected chi connectivity index (χ4v) is 3.33. The number of rotatable bonds is 6. The highest BCUT2D eigenvalue weighted by Gasteiger charge is 2.41. The van der Waals surface area contributed by atoms with Gasteiger partial charge in [0.2, 0.25) is 11.8 Å². The third kappa shape index (κ3) is 5.20.